The normalized spacial score (nSPS) is 12.5. The molecule has 0 fully saturated rings. The van der Waals surface area contributed by atoms with Gasteiger partial charge in [0.05, 0.1) is 13.2 Å². The molecular weight excluding hydrogens is 723 g/mol. The highest BCUT2D eigenvalue weighted by molar-refractivity contribution is 6.38. The summed E-state index contributed by atoms with van der Waals surface area (Å²) in [5.41, 5.74) is 12.2. The Morgan fingerprint density at radius 3 is 1.43 bits per heavy atom. The molecule has 0 radical (unpaired) electrons. The number of carbonyl (C=O) groups excluding carboxylic acids is 1. The van der Waals surface area contributed by atoms with Crippen LogP contribution in [0.2, 0.25) is 0 Å². The number of aromatic nitrogens is 7. The Morgan fingerprint density at radius 1 is 0.623 bits per heavy atom. The van der Waals surface area contributed by atoms with Crippen LogP contribution < -0.4 is 21.7 Å². The molecule has 0 saturated carbocycles. The van der Waals surface area contributed by atoms with E-state index >= 15 is 0 Å². The summed E-state index contributed by atoms with van der Waals surface area (Å²) in [6.07, 6.45) is 3.99. The molecule has 0 spiro atoms. The number of nitrogens with zero attached hydrogens (tertiary/aromatic N) is 11. The van der Waals surface area contributed by atoms with Gasteiger partial charge in [-0.2, -0.15) is 33.6 Å². The van der Waals surface area contributed by atoms with Gasteiger partial charge >= 0.3 is 0 Å². The van der Waals surface area contributed by atoms with Crippen LogP contribution in [0.5, 0.6) is 0 Å². The first kappa shape index (κ1) is 40.5. The third-order valence-corrected chi connectivity index (χ3v) is 6.04. The lowest BCUT2D eigenvalue weighted by molar-refractivity contribution is -0.111. The molecule has 4 aromatic heterocycles. The van der Waals surface area contributed by atoms with Crippen LogP contribution in [0.3, 0.4) is 0 Å². The largest absolute Gasteiger partial charge is 0.490 e. The number of amidine groups is 4. The van der Waals surface area contributed by atoms with Gasteiger partial charge in [-0.3, -0.25) is 26.5 Å². The quantitative estimate of drug-likeness (QED) is 0.135. The first-order valence-electron chi connectivity index (χ1n) is 15.0. The number of nitrogens with one attached hydrogen (secondary N) is 4. The van der Waals surface area contributed by atoms with Gasteiger partial charge in [0, 0.05) is 42.2 Å². The zero-order chi connectivity index (χ0) is 37.5. The van der Waals surface area contributed by atoms with Crippen LogP contribution in [0.25, 0.3) is 17.1 Å². The predicted molar refractivity (Wildman–Crippen MR) is 189 cm³/mol. The van der Waals surface area contributed by atoms with E-state index in [4.69, 9.17) is 9.47 Å². The summed E-state index contributed by atoms with van der Waals surface area (Å²) in [7, 11) is 0. The van der Waals surface area contributed by atoms with E-state index in [1.165, 1.54) is 55.8 Å². The number of ether oxygens (including phenoxy) is 2. The van der Waals surface area contributed by atoms with Gasteiger partial charge < -0.3 is 9.47 Å². The fourth-order valence-corrected chi connectivity index (χ4v) is 3.55. The Labute approximate surface area is 306 Å². The molecule has 4 N–H and O–H groups in total. The summed E-state index contributed by atoms with van der Waals surface area (Å²) >= 11 is 0. The minimum Gasteiger partial charge on any atom is -0.490 e. The molecule has 4 aromatic rings. The molecule has 0 saturated heterocycles. The molecule has 22 heteroatoms. The Bertz CT molecular complexity index is 1990. The summed E-state index contributed by atoms with van der Waals surface area (Å²) in [5.74, 6) is 0.603. The van der Waals surface area contributed by atoms with Crippen LogP contribution in [-0.2, 0) is 14.3 Å². The Hall–Kier alpha value is -6.90. The second-order valence-electron chi connectivity index (χ2n) is 9.71. The Morgan fingerprint density at radius 2 is 1.06 bits per heavy atom. The molecule has 18 nitrogen and oxygen atoms in total. The van der Waals surface area contributed by atoms with Crippen LogP contribution >= 0.6 is 12.4 Å². The minimum absolute atomic E-state index is 0. The molecule has 0 bridgehead atoms. The van der Waals surface area contributed by atoms with E-state index in [0.29, 0.717) is 58.9 Å². The van der Waals surface area contributed by atoms with Crippen molar-refractivity contribution in [3.8, 4) is 11.4 Å². The topological polar surface area (TPSA) is 223 Å². The monoisotopic (exact) mass is 753 g/mol. The fraction of sp³-hybridized carbons (Fsp3) is 0.161. The summed E-state index contributed by atoms with van der Waals surface area (Å²) < 4.78 is 48.2. The maximum atomic E-state index is 12.7. The first-order chi connectivity index (χ1) is 25.1. The third kappa shape index (κ3) is 12.1. The van der Waals surface area contributed by atoms with E-state index in [2.05, 4.69) is 90.6 Å². The number of ketones is 1. The van der Waals surface area contributed by atoms with Gasteiger partial charge in [-0.1, -0.05) is 13.2 Å². The van der Waals surface area contributed by atoms with Gasteiger partial charge in [-0.15, -0.1) is 32.8 Å². The lowest BCUT2D eigenvalue weighted by Gasteiger charge is -2.15. The third-order valence-electron chi connectivity index (χ3n) is 6.04. The van der Waals surface area contributed by atoms with Crippen molar-refractivity contribution < 1.29 is 27.4 Å². The Kier molecular flexibility index (Phi) is 15.4. The van der Waals surface area contributed by atoms with Gasteiger partial charge in [-0.25, -0.2) is 15.0 Å². The molecule has 0 amide bonds. The Balaban J connectivity index is 0.000000212. The number of pyridine rings is 3. The average molecular weight is 754 g/mol. The van der Waals surface area contributed by atoms with Gasteiger partial charge in [0.1, 0.15) is 0 Å². The van der Waals surface area contributed by atoms with E-state index in [1.807, 2.05) is 13.8 Å². The number of rotatable bonds is 10. The molecule has 0 aliphatic carbocycles. The van der Waals surface area contributed by atoms with Crippen LogP contribution in [0.4, 0.5) is 13.2 Å². The molecular formula is C31H31ClF3N15O3. The number of hydrazone groups is 4. The summed E-state index contributed by atoms with van der Waals surface area (Å²) in [4.78, 5) is 21.4. The molecule has 6 rings (SSSR count). The van der Waals surface area contributed by atoms with Crippen molar-refractivity contribution in [1.29, 1.82) is 0 Å². The average Bonchev–Trinajstić information content (AvgIpc) is 3.17. The molecule has 53 heavy (non-hydrogen) atoms. The molecule has 276 valence electrons. The molecule has 2 aliphatic rings. The summed E-state index contributed by atoms with van der Waals surface area (Å²) in [6, 6.07) is 8.23. The highest BCUT2D eigenvalue weighted by Gasteiger charge is 2.14. The van der Waals surface area contributed by atoms with Gasteiger partial charge in [-0.05, 0) is 50.2 Å². The van der Waals surface area contributed by atoms with Crippen LogP contribution in [0.1, 0.15) is 37.7 Å². The van der Waals surface area contributed by atoms with Crippen molar-refractivity contribution in [2.75, 3.05) is 13.2 Å². The standard InChI is InChI=1S/C11H12FN5O.C11H10FN5O.C9H8FN5O.ClH/c2*1-3-18-7(2)10-14-16-11(17-15-10)8-4-5-9(12)13-6-8;1-5(16)8-12-14-9(15-13-8)6-2-3-7(10)11-4-6;/h4-6H,2-3H2,1H3,(H,14,15)(H,16,17);4-6H,2-3H2,1H3;2-4H,1H3,(H,12,13)(H,14,15);1H. The van der Waals surface area contributed by atoms with Crippen LogP contribution in [-0.4, -0.2) is 77.7 Å². The molecule has 0 unspecified atom stereocenters. The van der Waals surface area contributed by atoms with E-state index in [1.54, 1.807) is 6.07 Å². The maximum Gasteiger partial charge on any atom is 0.237 e. The van der Waals surface area contributed by atoms with Crippen molar-refractivity contribution in [2.45, 2.75) is 20.8 Å². The van der Waals surface area contributed by atoms with Gasteiger partial charge in [0.15, 0.2) is 29.0 Å². The lowest BCUT2D eigenvalue weighted by atomic mass is 10.2. The van der Waals surface area contributed by atoms with E-state index in [-0.39, 0.29) is 35.7 Å². The zero-order valence-corrected chi connectivity index (χ0v) is 29.0. The second kappa shape index (κ2) is 20.1. The van der Waals surface area contributed by atoms with Gasteiger partial charge in [0.2, 0.25) is 41.2 Å². The van der Waals surface area contributed by atoms with E-state index in [0.717, 1.165) is 0 Å². The number of halogens is 4. The first-order valence-corrected chi connectivity index (χ1v) is 15.0. The van der Waals surface area contributed by atoms with Crippen LogP contribution in [0.15, 0.2) is 94.3 Å². The zero-order valence-electron chi connectivity index (χ0n) is 28.2. The lowest BCUT2D eigenvalue weighted by Crippen LogP contribution is -2.37. The van der Waals surface area contributed by atoms with E-state index < -0.39 is 17.8 Å². The number of Topliss-reactive ketones (excluding diaryl/α,β-unsaturated/α-hetero) is 1. The maximum absolute atomic E-state index is 12.7. The van der Waals surface area contributed by atoms with Crippen molar-refractivity contribution in [1.82, 2.24) is 57.0 Å². The van der Waals surface area contributed by atoms with Crippen molar-refractivity contribution in [2.24, 2.45) is 20.4 Å². The van der Waals surface area contributed by atoms with Crippen molar-refractivity contribution in [3.05, 3.63) is 109 Å². The number of carbonyl (C=O) groups is 1. The molecule has 2 aliphatic heterocycles. The van der Waals surface area contributed by atoms with Crippen molar-refractivity contribution >= 4 is 47.3 Å². The summed E-state index contributed by atoms with van der Waals surface area (Å²) in [6.45, 7) is 13.3. The number of hydrogen-bond acceptors (Lipinski definition) is 18. The predicted octanol–water partition coefficient (Wildman–Crippen LogP) is 2.81. The SMILES string of the molecule is C=C(OCC)C1=NNC(c2ccc(F)nc2)=NN1.C=C(OCC)c1nnc(-c2ccc(F)nc2)nn1.CC(=O)C1=NNC(c2ccc(F)nc2)=NN1.Cl. The van der Waals surface area contributed by atoms with Crippen LogP contribution in [0, 0.1) is 17.8 Å². The van der Waals surface area contributed by atoms with Gasteiger partial charge in [0.25, 0.3) is 0 Å². The fourth-order valence-electron chi connectivity index (χ4n) is 3.55. The molecule has 0 aromatic carbocycles. The minimum atomic E-state index is -0.569. The molecule has 6 heterocycles. The second-order valence-corrected chi connectivity index (χ2v) is 9.71. The smallest absolute Gasteiger partial charge is 0.237 e. The highest BCUT2D eigenvalue weighted by Crippen LogP contribution is 2.13. The number of hydrogen-bond donors (Lipinski definition) is 4. The molecule has 0 atom stereocenters. The van der Waals surface area contributed by atoms with E-state index in [9.17, 15) is 18.0 Å². The summed E-state index contributed by atoms with van der Waals surface area (Å²) in [5, 5.41) is 31.0. The van der Waals surface area contributed by atoms with Crippen molar-refractivity contribution in [3.63, 3.8) is 0 Å². The highest BCUT2D eigenvalue weighted by atomic mass is 35.5.